The van der Waals surface area contributed by atoms with Gasteiger partial charge in [0, 0.05) is 32.4 Å². The summed E-state index contributed by atoms with van der Waals surface area (Å²) in [6.45, 7) is 5.53. The normalized spacial score (nSPS) is 17.7. The van der Waals surface area contributed by atoms with Gasteiger partial charge in [0.15, 0.2) is 0 Å². The Balaban J connectivity index is 1.93. The van der Waals surface area contributed by atoms with Crippen molar-refractivity contribution in [3.05, 3.63) is 28.8 Å². The first-order valence-electron chi connectivity index (χ1n) is 8.15. The maximum absolute atomic E-state index is 12.4. The van der Waals surface area contributed by atoms with Crippen LogP contribution in [0.4, 0.5) is 5.69 Å². The summed E-state index contributed by atoms with van der Waals surface area (Å²) in [5, 5.41) is 5.92. The standard InChI is InChI=1S/C17H24ClN3O3/c1-3-19-17(23)14-5-4-13(10-15(14)18)20-16(22)12-6-7-21(11-12)8-9-24-2/h4-5,10,12H,3,6-9,11H2,1-2H3,(H,19,23)(H,20,22). The highest BCUT2D eigenvalue weighted by Gasteiger charge is 2.28. The molecule has 6 nitrogen and oxygen atoms in total. The second-order valence-corrected chi connectivity index (χ2v) is 6.23. The highest BCUT2D eigenvalue weighted by atomic mass is 35.5. The molecule has 2 rings (SSSR count). The van der Waals surface area contributed by atoms with Gasteiger partial charge >= 0.3 is 0 Å². The van der Waals surface area contributed by atoms with Crippen molar-refractivity contribution in [3.8, 4) is 0 Å². The minimum Gasteiger partial charge on any atom is -0.383 e. The van der Waals surface area contributed by atoms with E-state index in [4.69, 9.17) is 16.3 Å². The molecule has 0 aliphatic carbocycles. The second-order valence-electron chi connectivity index (χ2n) is 5.82. The van der Waals surface area contributed by atoms with E-state index < -0.39 is 0 Å². The molecule has 1 saturated heterocycles. The Labute approximate surface area is 147 Å². The molecule has 0 spiro atoms. The molecular weight excluding hydrogens is 330 g/mol. The molecule has 132 valence electrons. The highest BCUT2D eigenvalue weighted by molar-refractivity contribution is 6.34. The topological polar surface area (TPSA) is 70.7 Å². The Morgan fingerprint density at radius 3 is 2.88 bits per heavy atom. The summed E-state index contributed by atoms with van der Waals surface area (Å²) < 4.78 is 5.07. The van der Waals surface area contributed by atoms with Crippen LogP contribution < -0.4 is 10.6 Å². The van der Waals surface area contributed by atoms with Gasteiger partial charge in [0.1, 0.15) is 0 Å². The summed E-state index contributed by atoms with van der Waals surface area (Å²) in [7, 11) is 1.68. The van der Waals surface area contributed by atoms with Crippen molar-refractivity contribution in [1.82, 2.24) is 10.2 Å². The van der Waals surface area contributed by atoms with Gasteiger partial charge in [-0.15, -0.1) is 0 Å². The number of halogens is 1. The van der Waals surface area contributed by atoms with Crippen LogP contribution in [0.3, 0.4) is 0 Å². The molecule has 1 atom stereocenters. The fourth-order valence-electron chi connectivity index (χ4n) is 2.75. The zero-order chi connectivity index (χ0) is 17.5. The van der Waals surface area contributed by atoms with Gasteiger partial charge in [0.05, 0.1) is 23.1 Å². The van der Waals surface area contributed by atoms with E-state index in [0.717, 1.165) is 26.1 Å². The van der Waals surface area contributed by atoms with Gasteiger partial charge in [-0.05, 0) is 38.1 Å². The van der Waals surface area contributed by atoms with Crippen molar-refractivity contribution >= 4 is 29.1 Å². The molecule has 1 aromatic carbocycles. The van der Waals surface area contributed by atoms with E-state index in [1.165, 1.54) is 0 Å². The van der Waals surface area contributed by atoms with Crippen LogP contribution in [0, 0.1) is 5.92 Å². The van der Waals surface area contributed by atoms with Crippen LogP contribution in [0.15, 0.2) is 18.2 Å². The van der Waals surface area contributed by atoms with Gasteiger partial charge in [0.2, 0.25) is 5.91 Å². The van der Waals surface area contributed by atoms with Crippen LogP contribution in [0.5, 0.6) is 0 Å². The number of amides is 2. The van der Waals surface area contributed by atoms with E-state index in [1.54, 1.807) is 25.3 Å². The average molecular weight is 354 g/mol. The maximum atomic E-state index is 12.4. The van der Waals surface area contributed by atoms with E-state index in [1.807, 2.05) is 6.92 Å². The van der Waals surface area contributed by atoms with Crippen LogP contribution in [0.2, 0.25) is 5.02 Å². The minimum atomic E-state index is -0.218. The molecule has 1 aliphatic heterocycles. The predicted molar refractivity (Wildman–Crippen MR) is 94.5 cm³/mol. The molecular formula is C17H24ClN3O3. The van der Waals surface area contributed by atoms with Gasteiger partial charge in [-0.1, -0.05) is 11.6 Å². The molecule has 1 aromatic rings. The quantitative estimate of drug-likeness (QED) is 0.786. The van der Waals surface area contributed by atoms with Crippen molar-refractivity contribution in [2.45, 2.75) is 13.3 Å². The fraction of sp³-hybridized carbons (Fsp3) is 0.529. The van der Waals surface area contributed by atoms with Gasteiger partial charge in [-0.2, -0.15) is 0 Å². The number of methoxy groups -OCH3 is 1. The van der Waals surface area contributed by atoms with Crippen LogP contribution in [0.25, 0.3) is 0 Å². The van der Waals surface area contributed by atoms with E-state index in [2.05, 4.69) is 15.5 Å². The number of nitrogens with one attached hydrogen (secondary N) is 2. The number of benzene rings is 1. The molecule has 2 amide bonds. The Hall–Kier alpha value is -1.63. The third-order valence-electron chi connectivity index (χ3n) is 4.07. The van der Waals surface area contributed by atoms with Crippen LogP contribution in [-0.2, 0) is 9.53 Å². The van der Waals surface area contributed by atoms with Crippen molar-refractivity contribution in [2.75, 3.05) is 45.2 Å². The number of ether oxygens (including phenoxy) is 1. The lowest BCUT2D eigenvalue weighted by atomic mass is 10.1. The van der Waals surface area contributed by atoms with Crippen molar-refractivity contribution in [3.63, 3.8) is 0 Å². The lowest BCUT2D eigenvalue weighted by molar-refractivity contribution is -0.119. The third kappa shape index (κ3) is 4.93. The molecule has 0 radical (unpaired) electrons. The summed E-state index contributed by atoms with van der Waals surface area (Å²) in [6, 6.07) is 4.94. The fourth-order valence-corrected chi connectivity index (χ4v) is 3.01. The second kappa shape index (κ2) is 9.01. The number of carbonyl (C=O) groups excluding carboxylic acids is 2. The lowest BCUT2D eigenvalue weighted by Crippen LogP contribution is -2.29. The third-order valence-corrected chi connectivity index (χ3v) is 4.39. The Morgan fingerprint density at radius 2 is 2.21 bits per heavy atom. The number of nitrogens with zero attached hydrogens (tertiary/aromatic N) is 1. The SMILES string of the molecule is CCNC(=O)c1ccc(NC(=O)C2CCN(CCOC)C2)cc1Cl. The van der Waals surface area contributed by atoms with E-state index in [0.29, 0.717) is 29.4 Å². The number of likely N-dealkylation sites (tertiary alicyclic amines) is 1. The summed E-state index contributed by atoms with van der Waals surface area (Å²) in [4.78, 5) is 26.4. The van der Waals surface area contributed by atoms with E-state index in [9.17, 15) is 9.59 Å². The molecule has 1 aliphatic rings. The molecule has 7 heteroatoms. The Kier molecular flexibility index (Phi) is 7.02. The van der Waals surface area contributed by atoms with Crippen LogP contribution in [0.1, 0.15) is 23.7 Å². The number of hydrogen-bond acceptors (Lipinski definition) is 4. The Bertz CT molecular complexity index is 594. The van der Waals surface area contributed by atoms with Crippen molar-refractivity contribution in [2.24, 2.45) is 5.92 Å². The first-order valence-corrected chi connectivity index (χ1v) is 8.52. The molecule has 0 saturated carbocycles. The average Bonchev–Trinajstić information content (AvgIpc) is 3.02. The van der Waals surface area contributed by atoms with Crippen LogP contribution >= 0.6 is 11.6 Å². The first-order chi connectivity index (χ1) is 11.5. The smallest absolute Gasteiger partial charge is 0.252 e. The zero-order valence-electron chi connectivity index (χ0n) is 14.1. The molecule has 1 fully saturated rings. The Morgan fingerprint density at radius 1 is 1.42 bits per heavy atom. The van der Waals surface area contributed by atoms with E-state index >= 15 is 0 Å². The van der Waals surface area contributed by atoms with Gasteiger partial charge in [0.25, 0.3) is 5.91 Å². The largest absolute Gasteiger partial charge is 0.383 e. The molecule has 0 aromatic heterocycles. The maximum Gasteiger partial charge on any atom is 0.252 e. The minimum absolute atomic E-state index is 0.0169. The molecule has 1 unspecified atom stereocenters. The number of rotatable bonds is 7. The van der Waals surface area contributed by atoms with Crippen molar-refractivity contribution < 1.29 is 14.3 Å². The predicted octanol–water partition coefficient (Wildman–Crippen LogP) is 2.00. The summed E-state index contributed by atoms with van der Waals surface area (Å²) in [6.07, 6.45) is 0.834. The van der Waals surface area contributed by atoms with Crippen molar-refractivity contribution in [1.29, 1.82) is 0 Å². The summed E-state index contributed by atoms with van der Waals surface area (Å²) in [5.41, 5.74) is 1.01. The molecule has 0 bridgehead atoms. The van der Waals surface area contributed by atoms with Gasteiger partial charge < -0.3 is 20.3 Å². The molecule has 2 N–H and O–H groups in total. The number of anilines is 1. The summed E-state index contributed by atoms with van der Waals surface area (Å²) >= 11 is 6.15. The number of hydrogen-bond donors (Lipinski definition) is 2. The first kappa shape index (κ1) is 18.7. The molecule has 24 heavy (non-hydrogen) atoms. The van der Waals surface area contributed by atoms with E-state index in [-0.39, 0.29) is 17.7 Å². The highest BCUT2D eigenvalue weighted by Crippen LogP contribution is 2.23. The number of carbonyl (C=O) groups is 2. The zero-order valence-corrected chi connectivity index (χ0v) is 14.9. The van der Waals surface area contributed by atoms with Gasteiger partial charge in [-0.25, -0.2) is 0 Å². The van der Waals surface area contributed by atoms with Crippen LogP contribution in [-0.4, -0.2) is 56.6 Å². The monoisotopic (exact) mass is 353 g/mol. The van der Waals surface area contributed by atoms with Gasteiger partial charge in [-0.3, -0.25) is 9.59 Å². The lowest BCUT2D eigenvalue weighted by Gasteiger charge is -2.15. The summed E-state index contributed by atoms with van der Waals surface area (Å²) in [5.74, 6) is -0.273. The molecule has 1 heterocycles.